The number of carbonyl (C=O) groups is 2. The third-order valence-corrected chi connectivity index (χ3v) is 5.96. The predicted molar refractivity (Wildman–Crippen MR) is 122 cm³/mol. The van der Waals surface area contributed by atoms with Gasteiger partial charge in [-0.25, -0.2) is 13.5 Å². The van der Waals surface area contributed by atoms with Gasteiger partial charge in [-0.2, -0.15) is 5.10 Å². The van der Waals surface area contributed by atoms with Crippen molar-refractivity contribution >= 4 is 17.6 Å². The number of hydrogen-bond donors (Lipinski definition) is 3. The minimum absolute atomic E-state index is 0.00443. The molecule has 1 saturated heterocycles. The number of amides is 2. The highest BCUT2D eigenvalue weighted by atomic mass is 19.1. The molecule has 0 saturated carbocycles. The van der Waals surface area contributed by atoms with Gasteiger partial charge in [-0.05, 0) is 43.5 Å². The summed E-state index contributed by atoms with van der Waals surface area (Å²) in [4.78, 5) is 24.5. The van der Waals surface area contributed by atoms with Gasteiger partial charge in [-0.1, -0.05) is 18.2 Å². The molecule has 1 aromatic heterocycles. The number of aryl methyl sites for hydroxylation is 1. The van der Waals surface area contributed by atoms with E-state index in [1.54, 1.807) is 31.2 Å². The first-order valence-electron chi connectivity index (χ1n) is 10.9. The minimum atomic E-state index is -0.894. The monoisotopic (exact) mass is 469 g/mol. The van der Waals surface area contributed by atoms with Crippen LogP contribution in [0.3, 0.4) is 0 Å². The Morgan fingerprint density at radius 2 is 1.82 bits per heavy atom. The summed E-state index contributed by atoms with van der Waals surface area (Å²) in [5.74, 6) is -3.03. The molecule has 0 unspecified atom stereocenters. The maximum atomic E-state index is 14.9. The molecule has 2 aromatic carbocycles. The Kier molecular flexibility index (Phi) is 6.60. The maximum absolute atomic E-state index is 14.9. The molecule has 5 N–H and O–H groups in total. The van der Waals surface area contributed by atoms with Crippen LogP contribution in [0.1, 0.15) is 50.7 Å². The van der Waals surface area contributed by atoms with Crippen LogP contribution in [0.25, 0.3) is 11.3 Å². The van der Waals surface area contributed by atoms with Gasteiger partial charge in [0.2, 0.25) is 0 Å². The van der Waals surface area contributed by atoms with Crippen LogP contribution in [0.5, 0.6) is 0 Å². The first-order valence-corrected chi connectivity index (χ1v) is 10.9. The van der Waals surface area contributed by atoms with Crippen LogP contribution in [0.2, 0.25) is 0 Å². The number of benzene rings is 2. The second-order valence-electron chi connectivity index (χ2n) is 8.18. The van der Waals surface area contributed by atoms with E-state index >= 15 is 0 Å². The SMILES string of the molecule is Cc1ccccc1C(=O)NCc1c(F)cc(-c2nn(C3CCOCC3)c(N)c2C(N)=O)cc1F. The molecule has 1 fully saturated rings. The molecular formula is C24H25F2N5O3. The minimum Gasteiger partial charge on any atom is -0.383 e. The zero-order chi connectivity index (χ0) is 24.4. The fraction of sp³-hybridized carbons (Fsp3) is 0.292. The Morgan fingerprint density at radius 3 is 2.44 bits per heavy atom. The average Bonchev–Trinajstić information content (AvgIpc) is 3.16. The number of primary amides is 1. The highest BCUT2D eigenvalue weighted by molar-refractivity contribution is 6.03. The Balaban J connectivity index is 1.63. The van der Waals surface area contributed by atoms with Gasteiger partial charge in [0.15, 0.2) is 0 Å². The van der Waals surface area contributed by atoms with Crippen molar-refractivity contribution in [3.05, 3.63) is 70.3 Å². The molecule has 0 bridgehead atoms. The standard InChI is InChI=1S/C24H25F2N5O3/c1-13-4-2-3-5-16(13)24(33)29-12-17-18(25)10-14(11-19(17)26)21-20(23(28)32)22(27)31(30-21)15-6-8-34-9-7-15/h2-5,10-11,15H,6-9,12,27H2,1H3,(H2,28,32)(H,29,33). The molecule has 34 heavy (non-hydrogen) atoms. The Bertz CT molecular complexity index is 1230. The van der Waals surface area contributed by atoms with Gasteiger partial charge in [0.25, 0.3) is 11.8 Å². The molecule has 178 valence electrons. The van der Waals surface area contributed by atoms with Crippen molar-refractivity contribution in [2.45, 2.75) is 32.4 Å². The van der Waals surface area contributed by atoms with Crippen molar-refractivity contribution < 1.29 is 23.1 Å². The number of aromatic nitrogens is 2. The number of nitrogen functional groups attached to an aromatic ring is 1. The van der Waals surface area contributed by atoms with Gasteiger partial charge in [0, 0.05) is 36.4 Å². The van der Waals surface area contributed by atoms with E-state index in [0.717, 1.165) is 17.7 Å². The molecule has 2 heterocycles. The van der Waals surface area contributed by atoms with Crippen molar-refractivity contribution in [2.75, 3.05) is 18.9 Å². The molecule has 2 amide bonds. The fourth-order valence-electron chi connectivity index (χ4n) is 4.10. The summed E-state index contributed by atoms with van der Waals surface area (Å²) in [6.45, 7) is 2.44. The lowest BCUT2D eigenvalue weighted by Gasteiger charge is -2.23. The normalized spacial score (nSPS) is 14.2. The van der Waals surface area contributed by atoms with Gasteiger partial charge >= 0.3 is 0 Å². The first-order chi connectivity index (χ1) is 16.3. The van der Waals surface area contributed by atoms with Crippen molar-refractivity contribution in [2.24, 2.45) is 5.73 Å². The van der Waals surface area contributed by atoms with Crippen LogP contribution in [-0.2, 0) is 11.3 Å². The molecule has 4 rings (SSSR count). The molecule has 1 aliphatic rings. The number of nitrogens with one attached hydrogen (secondary N) is 1. The number of hydrogen-bond acceptors (Lipinski definition) is 5. The highest BCUT2D eigenvalue weighted by Gasteiger charge is 2.27. The van der Waals surface area contributed by atoms with Crippen LogP contribution in [0.15, 0.2) is 36.4 Å². The molecule has 0 aliphatic carbocycles. The number of anilines is 1. The van der Waals surface area contributed by atoms with Crippen LogP contribution < -0.4 is 16.8 Å². The van der Waals surface area contributed by atoms with E-state index < -0.39 is 23.4 Å². The van der Waals surface area contributed by atoms with Crippen LogP contribution in [0, 0.1) is 18.6 Å². The Morgan fingerprint density at radius 1 is 1.18 bits per heavy atom. The van der Waals surface area contributed by atoms with E-state index in [1.807, 2.05) is 0 Å². The lowest BCUT2D eigenvalue weighted by atomic mass is 10.0. The molecule has 0 spiro atoms. The summed E-state index contributed by atoms with van der Waals surface area (Å²) < 4.78 is 36.7. The van der Waals surface area contributed by atoms with E-state index in [0.29, 0.717) is 31.6 Å². The van der Waals surface area contributed by atoms with Crippen molar-refractivity contribution in [3.8, 4) is 11.3 Å². The van der Waals surface area contributed by atoms with E-state index in [9.17, 15) is 18.4 Å². The quantitative estimate of drug-likeness (QED) is 0.512. The van der Waals surface area contributed by atoms with Gasteiger partial charge in [0.05, 0.1) is 6.04 Å². The average molecular weight is 469 g/mol. The number of nitrogens with two attached hydrogens (primary N) is 2. The lowest BCUT2D eigenvalue weighted by molar-refractivity contribution is 0.0669. The zero-order valence-corrected chi connectivity index (χ0v) is 18.6. The van der Waals surface area contributed by atoms with E-state index in [-0.39, 0.29) is 40.8 Å². The predicted octanol–water partition coefficient (Wildman–Crippen LogP) is 3.10. The van der Waals surface area contributed by atoms with Crippen molar-refractivity contribution in [1.29, 1.82) is 0 Å². The van der Waals surface area contributed by atoms with E-state index in [4.69, 9.17) is 16.2 Å². The second kappa shape index (κ2) is 9.60. The topological polar surface area (TPSA) is 125 Å². The zero-order valence-electron chi connectivity index (χ0n) is 18.6. The maximum Gasteiger partial charge on any atom is 0.254 e. The highest BCUT2D eigenvalue weighted by Crippen LogP contribution is 2.33. The van der Waals surface area contributed by atoms with E-state index in [1.165, 1.54) is 4.68 Å². The Hall–Kier alpha value is -3.79. The van der Waals surface area contributed by atoms with Gasteiger partial charge < -0.3 is 21.5 Å². The smallest absolute Gasteiger partial charge is 0.254 e. The summed E-state index contributed by atoms with van der Waals surface area (Å²) in [5.41, 5.74) is 12.4. The number of halogens is 2. The van der Waals surface area contributed by atoms with E-state index in [2.05, 4.69) is 10.4 Å². The van der Waals surface area contributed by atoms with Crippen LogP contribution in [-0.4, -0.2) is 34.8 Å². The lowest BCUT2D eigenvalue weighted by Crippen LogP contribution is -2.24. The fourth-order valence-corrected chi connectivity index (χ4v) is 4.10. The largest absolute Gasteiger partial charge is 0.383 e. The molecule has 8 nitrogen and oxygen atoms in total. The second-order valence-corrected chi connectivity index (χ2v) is 8.18. The summed E-state index contributed by atoms with van der Waals surface area (Å²) in [5, 5.41) is 6.93. The third-order valence-electron chi connectivity index (χ3n) is 5.96. The van der Waals surface area contributed by atoms with Crippen molar-refractivity contribution in [3.63, 3.8) is 0 Å². The van der Waals surface area contributed by atoms with Crippen LogP contribution in [0.4, 0.5) is 14.6 Å². The van der Waals surface area contributed by atoms with Crippen LogP contribution >= 0.6 is 0 Å². The van der Waals surface area contributed by atoms with Gasteiger partial charge in [0.1, 0.15) is 28.7 Å². The number of carbonyl (C=O) groups excluding carboxylic acids is 2. The molecule has 10 heteroatoms. The molecular weight excluding hydrogens is 444 g/mol. The molecule has 0 radical (unpaired) electrons. The third kappa shape index (κ3) is 4.49. The summed E-state index contributed by atoms with van der Waals surface area (Å²) in [6, 6.07) is 8.89. The molecule has 3 aromatic rings. The summed E-state index contributed by atoms with van der Waals surface area (Å²) in [7, 11) is 0. The molecule has 1 aliphatic heterocycles. The van der Waals surface area contributed by atoms with Gasteiger partial charge in [-0.15, -0.1) is 0 Å². The summed E-state index contributed by atoms with van der Waals surface area (Å²) >= 11 is 0. The Labute approximate surface area is 194 Å². The number of nitrogens with zero attached hydrogens (tertiary/aromatic N) is 2. The summed E-state index contributed by atoms with van der Waals surface area (Å²) in [6.07, 6.45) is 1.26. The molecule has 0 atom stereocenters. The van der Waals surface area contributed by atoms with Crippen molar-refractivity contribution in [1.82, 2.24) is 15.1 Å². The first kappa shape index (κ1) is 23.4. The number of ether oxygens (including phenoxy) is 1. The number of rotatable bonds is 6. The van der Waals surface area contributed by atoms with Gasteiger partial charge in [-0.3, -0.25) is 9.59 Å².